The van der Waals surface area contributed by atoms with Crippen LogP contribution in [0, 0.1) is 6.92 Å². The van der Waals surface area contributed by atoms with Crippen LogP contribution >= 0.6 is 0 Å². The molecule has 0 aliphatic rings. The van der Waals surface area contributed by atoms with Crippen LogP contribution in [0.2, 0.25) is 0 Å². The molecule has 0 unspecified atom stereocenters. The Morgan fingerprint density at radius 3 is 2.31 bits per heavy atom. The summed E-state index contributed by atoms with van der Waals surface area (Å²) in [5.74, 6) is 0.935. The lowest BCUT2D eigenvalue weighted by molar-refractivity contribution is -0.119. The summed E-state index contributed by atoms with van der Waals surface area (Å²) in [7, 11) is -1.20. The minimum Gasteiger partial charge on any atom is -0.494 e. The number of aryl methyl sites for hydroxylation is 1. The minimum absolute atomic E-state index is 0.0204. The van der Waals surface area contributed by atoms with E-state index in [1.54, 1.807) is 24.3 Å². The Hall–Kier alpha value is -3.72. The number of carbonyl (C=O) groups is 1. The van der Waals surface area contributed by atoms with Crippen LogP contribution in [0.15, 0.2) is 71.6 Å². The number of ether oxygens (including phenoxy) is 3. The van der Waals surface area contributed by atoms with E-state index < -0.39 is 22.5 Å². The molecule has 0 aromatic heterocycles. The van der Waals surface area contributed by atoms with Crippen LogP contribution in [0.3, 0.4) is 0 Å². The molecule has 3 aromatic carbocycles. The molecule has 186 valence electrons. The number of nitrogens with zero attached hydrogens (tertiary/aromatic N) is 1. The highest BCUT2D eigenvalue weighted by Crippen LogP contribution is 2.32. The molecule has 0 radical (unpaired) electrons. The first-order valence-corrected chi connectivity index (χ1v) is 12.5. The van der Waals surface area contributed by atoms with Crippen LogP contribution in [0.25, 0.3) is 0 Å². The summed E-state index contributed by atoms with van der Waals surface area (Å²) in [6, 6.07) is 18.6. The van der Waals surface area contributed by atoms with E-state index in [9.17, 15) is 13.2 Å². The molecule has 35 heavy (non-hydrogen) atoms. The van der Waals surface area contributed by atoms with Gasteiger partial charge in [0, 0.05) is 12.6 Å². The fourth-order valence-electron chi connectivity index (χ4n) is 3.43. The van der Waals surface area contributed by atoms with Crippen molar-refractivity contribution < 1.29 is 27.4 Å². The molecule has 0 bridgehead atoms. The minimum atomic E-state index is -4.10. The zero-order valence-corrected chi connectivity index (χ0v) is 21.1. The Labute approximate surface area is 206 Å². The first kappa shape index (κ1) is 25.9. The second-order valence-electron chi connectivity index (χ2n) is 7.72. The van der Waals surface area contributed by atoms with Crippen LogP contribution < -0.4 is 23.8 Å². The average molecular weight is 499 g/mol. The van der Waals surface area contributed by atoms with Gasteiger partial charge in [-0.25, -0.2) is 8.42 Å². The van der Waals surface area contributed by atoms with Crippen LogP contribution in [0.4, 0.5) is 5.69 Å². The summed E-state index contributed by atoms with van der Waals surface area (Å²) in [4.78, 5) is 12.9. The molecule has 0 fully saturated rings. The lowest BCUT2D eigenvalue weighted by Gasteiger charge is -2.24. The Morgan fingerprint density at radius 2 is 1.66 bits per heavy atom. The summed E-state index contributed by atoms with van der Waals surface area (Å²) < 4.78 is 44.4. The fraction of sp³-hybridized carbons (Fsp3) is 0.269. The standard InChI is InChI=1S/C26H30N2O6S/c1-5-34-22-8-6-7-20(15-22)17-27-26(29)18-28(21-11-9-19(2)10-12-21)35(30,31)23-13-14-24(32-3)25(16-23)33-4/h6-16H,5,17-18H2,1-4H3,(H,27,29). The Balaban J connectivity index is 1.87. The molecular formula is C26H30N2O6S. The predicted molar refractivity (Wildman–Crippen MR) is 135 cm³/mol. The zero-order valence-electron chi connectivity index (χ0n) is 20.3. The van der Waals surface area contributed by atoms with Gasteiger partial charge in [0.25, 0.3) is 10.0 Å². The zero-order chi connectivity index (χ0) is 25.4. The van der Waals surface area contributed by atoms with Crippen molar-refractivity contribution in [1.29, 1.82) is 0 Å². The predicted octanol–water partition coefficient (Wildman–Crippen LogP) is 3.92. The monoisotopic (exact) mass is 498 g/mol. The Kier molecular flexibility index (Phi) is 8.59. The van der Waals surface area contributed by atoms with Gasteiger partial charge in [0.05, 0.1) is 31.4 Å². The van der Waals surface area contributed by atoms with Gasteiger partial charge in [0.1, 0.15) is 12.3 Å². The highest BCUT2D eigenvalue weighted by molar-refractivity contribution is 7.92. The van der Waals surface area contributed by atoms with Crippen molar-refractivity contribution in [1.82, 2.24) is 5.32 Å². The van der Waals surface area contributed by atoms with Gasteiger partial charge in [-0.3, -0.25) is 9.10 Å². The quantitative estimate of drug-likeness (QED) is 0.431. The number of hydrogen-bond donors (Lipinski definition) is 1. The van der Waals surface area contributed by atoms with Gasteiger partial charge in [-0.05, 0) is 55.8 Å². The third-order valence-corrected chi connectivity index (χ3v) is 7.02. The fourth-order valence-corrected chi connectivity index (χ4v) is 4.87. The number of carbonyl (C=O) groups excluding carboxylic acids is 1. The third-order valence-electron chi connectivity index (χ3n) is 5.25. The van der Waals surface area contributed by atoms with Gasteiger partial charge in [-0.15, -0.1) is 0 Å². The molecule has 1 amide bonds. The maximum absolute atomic E-state index is 13.6. The van der Waals surface area contributed by atoms with E-state index in [1.807, 2.05) is 38.1 Å². The van der Waals surface area contributed by atoms with Gasteiger partial charge < -0.3 is 19.5 Å². The molecule has 9 heteroatoms. The lowest BCUT2D eigenvalue weighted by Crippen LogP contribution is -2.40. The van der Waals surface area contributed by atoms with E-state index in [4.69, 9.17) is 14.2 Å². The lowest BCUT2D eigenvalue weighted by atomic mass is 10.2. The van der Waals surface area contributed by atoms with E-state index >= 15 is 0 Å². The summed E-state index contributed by atoms with van der Waals surface area (Å²) >= 11 is 0. The van der Waals surface area contributed by atoms with Gasteiger partial charge >= 0.3 is 0 Å². The van der Waals surface area contributed by atoms with Crippen LogP contribution in [-0.4, -0.2) is 41.7 Å². The van der Waals surface area contributed by atoms with Crippen LogP contribution in [0.5, 0.6) is 17.2 Å². The SMILES string of the molecule is CCOc1cccc(CNC(=O)CN(c2ccc(C)cc2)S(=O)(=O)c2ccc(OC)c(OC)c2)c1. The second kappa shape index (κ2) is 11.6. The summed E-state index contributed by atoms with van der Waals surface area (Å²) in [6.45, 7) is 4.17. The van der Waals surface area contributed by atoms with E-state index in [2.05, 4.69) is 5.32 Å². The molecule has 0 saturated heterocycles. The molecule has 0 aliphatic carbocycles. The Bertz CT molecular complexity index is 1260. The average Bonchev–Trinajstić information content (AvgIpc) is 2.86. The first-order valence-electron chi connectivity index (χ1n) is 11.1. The summed E-state index contributed by atoms with van der Waals surface area (Å²) in [5, 5.41) is 2.80. The first-order chi connectivity index (χ1) is 16.8. The molecule has 8 nitrogen and oxygen atoms in total. The van der Waals surface area contributed by atoms with Crippen molar-refractivity contribution in [2.24, 2.45) is 0 Å². The number of hydrogen-bond acceptors (Lipinski definition) is 6. The van der Waals surface area contributed by atoms with Crippen molar-refractivity contribution in [2.45, 2.75) is 25.3 Å². The molecule has 0 spiro atoms. The third kappa shape index (κ3) is 6.45. The van der Waals surface area contributed by atoms with E-state index in [0.29, 0.717) is 23.8 Å². The molecule has 0 heterocycles. The second-order valence-corrected chi connectivity index (χ2v) is 9.58. The molecule has 3 aromatic rings. The summed E-state index contributed by atoms with van der Waals surface area (Å²) in [6.07, 6.45) is 0. The van der Waals surface area contributed by atoms with Gasteiger partial charge in [-0.1, -0.05) is 29.8 Å². The molecule has 0 aliphatic heterocycles. The molecule has 3 rings (SSSR count). The topological polar surface area (TPSA) is 94.2 Å². The molecule has 0 saturated carbocycles. The smallest absolute Gasteiger partial charge is 0.264 e. The van der Waals surface area contributed by atoms with Crippen molar-refractivity contribution in [3.8, 4) is 17.2 Å². The van der Waals surface area contributed by atoms with Gasteiger partial charge in [0.15, 0.2) is 11.5 Å². The Morgan fingerprint density at radius 1 is 0.943 bits per heavy atom. The maximum Gasteiger partial charge on any atom is 0.264 e. The van der Waals surface area contributed by atoms with Gasteiger partial charge in [0.2, 0.25) is 5.91 Å². The van der Waals surface area contributed by atoms with E-state index in [0.717, 1.165) is 15.4 Å². The van der Waals surface area contributed by atoms with Gasteiger partial charge in [-0.2, -0.15) is 0 Å². The van der Waals surface area contributed by atoms with Crippen molar-refractivity contribution in [2.75, 3.05) is 31.7 Å². The van der Waals surface area contributed by atoms with Crippen molar-refractivity contribution in [3.63, 3.8) is 0 Å². The normalized spacial score (nSPS) is 11.0. The highest BCUT2D eigenvalue weighted by Gasteiger charge is 2.28. The molecule has 0 atom stereocenters. The number of amides is 1. The largest absolute Gasteiger partial charge is 0.494 e. The van der Waals surface area contributed by atoms with Crippen molar-refractivity contribution in [3.05, 3.63) is 77.9 Å². The number of rotatable bonds is 11. The molecular weight excluding hydrogens is 468 g/mol. The number of sulfonamides is 1. The summed E-state index contributed by atoms with van der Waals surface area (Å²) in [5.41, 5.74) is 2.18. The number of methoxy groups -OCH3 is 2. The van der Waals surface area contributed by atoms with E-state index in [1.165, 1.54) is 32.4 Å². The highest BCUT2D eigenvalue weighted by atomic mass is 32.2. The van der Waals surface area contributed by atoms with Crippen LogP contribution in [0.1, 0.15) is 18.1 Å². The molecule has 1 N–H and O–H groups in total. The number of anilines is 1. The maximum atomic E-state index is 13.6. The van der Waals surface area contributed by atoms with Crippen molar-refractivity contribution >= 4 is 21.6 Å². The van der Waals surface area contributed by atoms with E-state index in [-0.39, 0.29) is 17.2 Å². The van der Waals surface area contributed by atoms with Crippen LogP contribution in [-0.2, 0) is 21.4 Å². The number of nitrogens with one attached hydrogen (secondary N) is 1. The number of benzene rings is 3.